The standard InChI is InChI=1S/C13H15FN2O/c14-13-4-3-10(6-11(13)7-15)8-16-12-2-1-5-17-9-12/h3-4,6,12,16H,1-2,5,8-9H2. The summed E-state index contributed by atoms with van der Waals surface area (Å²) in [6, 6.07) is 6.84. The van der Waals surface area contributed by atoms with Crippen molar-refractivity contribution in [2.45, 2.75) is 25.4 Å². The molecule has 1 unspecified atom stereocenters. The molecule has 2 rings (SSSR count). The van der Waals surface area contributed by atoms with E-state index in [1.54, 1.807) is 12.1 Å². The Morgan fingerprint density at radius 1 is 1.53 bits per heavy atom. The van der Waals surface area contributed by atoms with E-state index in [0.29, 0.717) is 12.6 Å². The first-order valence-electron chi connectivity index (χ1n) is 5.79. The first-order valence-corrected chi connectivity index (χ1v) is 5.79. The summed E-state index contributed by atoms with van der Waals surface area (Å²) < 4.78 is 18.5. The molecule has 0 aliphatic carbocycles. The van der Waals surface area contributed by atoms with E-state index in [1.165, 1.54) is 6.07 Å². The van der Waals surface area contributed by atoms with Gasteiger partial charge in [0.1, 0.15) is 11.9 Å². The Bertz CT molecular complexity index is 422. The molecule has 1 heterocycles. The molecule has 0 amide bonds. The van der Waals surface area contributed by atoms with Crippen molar-refractivity contribution in [3.05, 3.63) is 35.1 Å². The monoisotopic (exact) mass is 234 g/mol. The van der Waals surface area contributed by atoms with Crippen molar-refractivity contribution < 1.29 is 9.13 Å². The van der Waals surface area contributed by atoms with Gasteiger partial charge in [0.05, 0.1) is 12.2 Å². The van der Waals surface area contributed by atoms with E-state index in [2.05, 4.69) is 5.32 Å². The highest BCUT2D eigenvalue weighted by molar-refractivity contribution is 5.34. The minimum absolute atomic E-state index is 0.101. The van der Waals surface area contributed by atoms with Crippen molar-refractivity contribution >= 4 is 0 Å². The lowest BCUT2D eigenvalue weighted by atomic mass is 10.1. The molecule has 0 spiro atoms. The number of hydrogen-bond acceptors (Lipinski definition) is 3. The normalized spacial score (nSPS) is 19.9. The summed E-state index contributed by atoms with van der Waals surface area (Å²) in [5.41, 5.74) is 1.03. The number of nitrogens with one attached hydrogen (secondary N) is 1. The fraction of sp³-hybridized carbons (Fsp3) is 0.462. The maximum atomic E-state index is 13.1. The molecule has 1 aromatic rings. The summed E-state index contributed by atoms with van der Waals surface area (Å²) >= 11 is 0. The molecule has 4 heteroatoms. The molecule has 1 N–H and O–H groups in total. The van der Waals surface area contributed by atoms with Crippen LogP contribution in [0.25, 0.3) is 0 Å². The summed E-state index contributed by atoms with van der Waals surface area (Å²) in [6.45, 7) is 2.21. The summed E-state index contributed by atoms with van der Waals surface area (Å²) in [6.07, 6.45) is 2.18. The zero-order valence-corrected chi connectivity index (χ0v) is 9.58. The Balaban J connectivity index is 1.92. The van der Waals surface area contributed by atoms with Crippen molar-refractivity contribution in [1.82, 2.24) is 5.32 Å². The topological polar surface area (TPSA) is 45.0 Å². The number of halogens is 1. The smallest absolute Gasteiger partial charge is 0.140 e. The number of nitriles is 1. The van der Waals surface area contributed by atoms with Crippen LogP contribution in [-0.4, -0.2) is 19.3 Å². The largest absolute Gasteiger partial charge is 0.380 e. The average molecular weight is 234 g/mol. The molecule has 3 nitrogen and oxygen atoms in total. The number of hydrogen-bond donors (Lipinski definition) is 1. The van der Waals surface area contributed by atoms with Crippen LogP contribution in [0, 0.1) is 17.1 Å². The van der Waals surface area contributed by atoms with Gasteiger partial charge in [0, 0.05) is 19.2 Å². The molecule has 1 atom stereocenters. The van der Waals surface area contributed by atoms with Crippen LogP contribution in [0.1, 0.15) is 24.0 Å². The number of nitrogens with zero attached hydrogens (tertiary/aromatic N) is 1. The molecule has 0 saturated carbocycles. The number of ether oxygens (including phenoxy) is 1. The SMILES string of the molecule is N#Cc1cc(CNC2CCCOC2)ccc1F. The molecule has 1 aliphatic rings. The minimum atomic E-state index is -0.461. The Morgan fingerprint density at radius 3 is 3.12 bits per heavy atom. The lowest BCUT2D eigenvalue weighted by molar-refractivity contribution is 0.0699. The van der Waals surface area contributed by atoms with Gasteiger partial charge in [0.25, 0.3) is 0 Å². The fourth-order valence-corrected chi connectivity index (χ4v) is 1.93. The van der Waals surface area contributed by atoms with Gasteiger partial charge in [-0.25, -0.2) is 4.39 Å². The van der Waals surface area contributed by atoms with E-state index in [-0.39, 0.29) is 5.56 Å². The summed E-state index contributed by atoms with van der Waals surface area (Å²) in [7, 11) is 0. The van der Waals surface area contributed by atoms with Crippen molar-refractivity contribution in [1.29, 1.82) is 5.26 Å². The third-order valence-corrected chi connectivity index (χ3v) is 2.91. The summed E-state index contributed by atoms with van der Waals surface area (Å²) in [5.74, 6) is -0.461. The van der Waals surface area contributed by atoms with Crippen LogP contribution in [0.15, 0.2) is 18.2 Å². The Hall–Kier alpha value is -1.44. The lowest BCUT2D eigenvalue weighted by Crippen LogP contribution is -2.36. The molecule has 1 aliphatic heterocycles. The predicted octanol–water partition coefficient (Wildman–Crippen LogP) is 1.97. The molecular weight excluding hydrogens is 219 g/mol. The van der Waals surface area contributed by atoms with Gasteiger partial charge in [-0.15, -0.1) is 0 Å². The summed E-state index contributed by atoms with van der Waals surface area (Å²) in [4.78, 5) is 0. The first-order chi connectivity index (χ1) is 8.29. The molecule has 90 valence electrons. The third-order valence-electron chi connectivity index (χ3n) is 2.91. The van der Waals surface area contributed by atoms with E-state index in [0.717, 1.165) is 31.6 Å². The lowest BCUT2D eigenvalue weighted by Gasteiger charge is -2.23. The van der Waals surface area contributed by atoms with Gasteiger partial charge in [0.15, 0.2) is 0 Å². The van der Waals surface area contributed by atoms with Crippen LogP contribution in [0.5, 0.6) is 0 Å². The zero-order chi connectivity index (χ0) is 12.1. The second kappa shape index (κ2) is 5.76. The van der Waals surface area contributed by atoms with Crippen LogP contribution < -0.4 is 5.32 Å². The molecule has 0 aromatic heterocycles. The molecule has 1 saturated heterocycles. The van der Waals surface area contributed by atoms with Crippen LogP contribution in [0.2, 0.25) is 0 Å². The van der Waals surface area contributed by atoms with E-state index in [4.69, 9.17) is 10.00 Å². The van der Waals surface area contributed by atoms with Gasteiger partial charge >= 0.3 is 0 Å². The maximum absolute atomic E-state index is 13.1. The van der Waals surface area contributed by atoms with Gasteiger partial charge in [0.2, 0.25) is 0 Å². The maximum Gasteiger partial charge on any atom is 0.140 e. The van der Waals surface area contributed by atoms with Crippen molar-refractivity contribution in [3.63, 3.8) is 0 Å². The highest BCUT2D eigenvalue weighted by Crippen LogP contribution is 2.11. The summed E-state index contributed by atoms with van der Waals surface area (Å²) in [5, 5.41) is 12.1. The van der Waals surface area contributed by atoms with Crippen molar-refractivity contribution in [2.24, 2.45) is 0 Å². The zero-order valence-electron chi connectivity index (χ0n) is 9.58. The van der Waals surface area contributed by atoms with Crippen LogP contribution in [-0.2, 0) is 11.3 Å². The quantitative estimate of drug-likeness (QED) is 0.869. The van der Waals surface area contributed by atoms with Crippen LogP contribution in [0.3, 0.4) is 0 Å². The van der Waals surface area contributed by atoms with Gasteiger partial charge in [-0.05, 0) is 30.5 Å². The second-order valence-corrected chi connectivity index (χ2v) is 4.22. The second-order valence-electron chi connectivity index (χ2n) is 4.22. The van der Waals surface area contributed by atoms with E-state index >= 15 is 0 Å². The van der Waals surface area contributed by atoms with Crippen molar-refractivity contribution in [2.75, 3.05) is 13.2 Å². The minimum Gasteiger partial charge on any atom is -0.380 e. The van der Waals surface area contributed by atoms with Gasteiger partial charge in [-0.3, -0.25) is 0 Å². The molecule has 0 bridgehead atoms. The molecule has 1 aromatic carbocycles. The van der Waals surface area contributed by atoms with Gasteiger partial charge in [-0.1, -0.05) is 6.07 Å². The van der Waals surface area contributed by atoms with Gasteiger partial charge in [-0.2, -0.15) is 5.26 Å². The molecule has 1 fully saturated rings. The fourth-order valence-electron chi connectivity index (χ4n) is 1.93. The number of rotatable bonds is 3. The Morgan fingerprint density at radius 2 is 2.41 bits per heavy atom. The van der Waals surface area contributed by atoms with E-state index < -0.39 is 5.82 Å². The number of benzene rings is 1. The highest BCUT2D eigenvalue weighted by Gasteiger charge is 2.13. The van der Waals surface area contributed by atoms with Gasteiger partial charge < -0.3 is 10.1 Å². The first kappa shape index (κ1) is 12.0. The Kier molecular flexibility index (Phi) is 4.08. The van der Waals surface area contributed by atoms with Crippen molar-refractivity contribution in [3.8, 4) is 6.07 Å². The Labute approximate surface area is 100 Å². The van der Waals surface area contributed by atoms with Crippen LogP contribution >= 0.6 is 0 Å². The van der Waals surface area contributed by atoms with Crippen LogP contribution in [0.4, 0.5) is 4.39 Å². The molecule has 0 radical (unpaired) electrons. The molecule has 17 heavy (non-hydrogen) atoms. The average Bonchev–Trinajstić information content (AvgIpc) is 2.39. The van der Waals surface area contributed by atoms with E-state index in [1.807, 2.05) is 6.07 Å². The highest BCUT2D eigenvalue weighted by atomic mass is 19.1. The predicted molar refractivity (Wildman–Crippen MR) is 61.8 cm³/mol. The molecular formula is C13H15FN2O. The third kappa shape index (κ3) is 3.26. The van der Waals surface area contributed by atoms with E-state index in [9.17, 15) is 4.39 Å².